The van der Waals surface area contributed by atoms with Crippen LogP contribution < -0.4 is 5.56 Å². The van der Waals surface area contributed by atoms with Gasteiger partial charge in [0.25, 0.3) is 5.56 Å². The van der Waals surface area contributed by atoms with Crippen LogP contribution in [0.3, 0.4) is 0 Å². The Morgan fingerprint density at radius 2 is 2.33 bits per heavy atom. The van der Waals surface area contributed by atoms with E-state index < -0.39 is 35.3 Å². The average Bonchev–Trinajstić information content (AvgIpc) is 2.48. The predicted octanol–water partition coefficient (Wildman–Crippen LogP) is -0.820. The minimum Gasteiger partial charge on any atom is -0.388 e. The molecule has 0 bridgehead atoms. The number of hydrogen-bond donors (Lipinski definition) is 3. The highest BCUT2D eigenvalue weighted by Crippen LogP contribution is 2.36. The molecule has 0 aliphatic carbocycles. The molecule has 4 atom stereocenters. The van der Waals surface area contributed by atoms with Crippen LogP contribution in [-0.2, 0) is 4.74 Å². The van der Waals surface area contributed by atoms with E-state index in [0.29, 0.717) is 0 Å². The molecule has 4 unspecified atom stereocenters. The number of rotatable bonds is 1. The first-order valence-electron chi connectivity index (χ1n) is 5.07. The molecule has 2 heterocycles. The third-order valence-electron chi connectivity index (χ3n) is 2.87. The monoisotopic (exact) mass is 272 g/mol. The van der Waals surface area contributed by atoms with Gasteiger partial charge in [-0.25, -0.2) is 0 Å². The Labute approximate surface area is 107 Å². The highest BCUT2D eigenvalue weighted by molar-refractivity contribution is 7.71. The Hall–Kier alpha value is -1.03. The van der Waals surface area contributed by atoms with Crippen LogP contribution in [0.25, 0.3) is 0 Å². The third kappa shape index (κ3) is 1.93. The molecule has 0 spiro atoms. The van der Waals surface area contributed by atoms with Crippen molar-refractivity contribution in [2.24, 2.45) is 0 Å². The quantitative estimate of drug-likeness (QED) is 0.459. The predicted molar refractivity (Wildman–Crippen MR) is 62.1 cm³/mol. The maximum atomic E-state index is 13.2. The maximum Gasteiger partial charge on any atom is 0.287 e. The number of nitrogens with one attached hydrogen (secondary N) is 1. The van der Waals surface area contributed by atoms with Crippen LogP contribution in [0.1, 0.15) is 13.2 Å². The molecule has 1 fully saturated rings. The van der Waals surface area contributed by atoms with Crippen LogP contribution >= 0.6 is 12.2 Å². The minimum absolute atomic E-state index is 0.145. The molecule has 18 heavy (non-hydrogen) atoms. The molecule has 1 aromatic heterocycles. The fraction of sp³-hybridized carbons (Fsp3) is 0.556. The molecule has 96 valence electrons. The van der Waals surface area contributed by atoms with E-state index in [4.69, 9.17) is 24.8 Å². The number of aromatic nitrogens is 2. The molecule has 0 aromatic carbocycles. The molecule has 0 amide bonds. The number of halogens is 1. The van der Waals surface area contributed by atoms with Crippen molar-refractivity contribution in [3.63, 3.8) is 0 Å². The van der Waals surface area contributed by atoms with Gasteiger partial charge in [-0.05, 0) is 19.1 Å². The van der Waals surface area contributed by atoms with Gasteiger partial charge in [-0.2, -0.15) is 4.39 Å². The first-order chi connectivity index (χ1) is 8.25. The second kappa shape index (κ2) is 4.27. The highest BCUT2D eigenvalue weighted by Gasteiger charge is 2.51. The largest absolute Gasteiger partial charge is 0.388 e. The van der Waals surface area contributed by atoms with E-state index in [-0.39, 0.29) is 4.77 Å². The van der Waals surface area contributed by atoms with Crippen LogP contribution in [0.2, 0.25) is 0 Å². The number of aliphatic hydroxyl groups is 2. The second-order valence-electron chi connectivity index (χ2n) is 4.27. The second-order valence-corrected chi connectivity index (χ2v) is 4.65. The van der Waals surface area contributed by atoms with Gasteiger partial charge in [-0.15, -0.1) is 0 Å². The number of H-pyrrole nitrogens is 1. The number of aliphatic hydroxyl groups excluding tert-OH is 1. The van der Waals surface area contributed by atoms with E-state index in [1.165, 1.54) is 6.92 Å². The summed E-state index contributed by atoms with van der Waals surface area (Å²) in [6, 6.07) is -1.14. The van der Waals surface area contributed by atoms with Crippen molar-refractivity contribution in [2.45, 2.75) is 30.9 Å². The van der Waals surface area contributed by atoms with Crippen molar-refractivity contribution < 1.29 is 19.3 Å². The van der Waals surface area contributed by atoms with Crippen molar-refractivity contribution >= 4 is 20.1 Å². The van der Waals surface area contributed by atoms with Crippen molar-refractivity contribution in [1.82, 2.24) is 9.55 Å². The Kier molecular flexibility index (Phi) is 3.18. The Bertz CT molecular complexity index is 587. The molecule has 1 saturated heterocycles. The van der Waals surface area contributed by atoms with Gasteiger partial charge in [0.2, 0.25) is 5.82 Å². The van der Waals surface area contributed by atoms with E-state index in [0.717, 1.165) is 10.8 Å². The zero-order chi connectivity index (χ0) is 13.7. The van der Waals surface area contributed by atoms with Gasteiger partial charge in [-0.1, -0.05) is 0 Å². The number of nitrogens with zero attached hydrogens (tertiary/aromatic N) is 1. The van der Waals surface area contributed by atoms with Crippen LogP contribution in [0.4, 0.5) is 4.39 Å². The Morgan fingerprint density at radius 3 is 2.83 bits per heavy atom. The number of aromatic amines is 1. The van der Waals surface area contributed by atoms with Gasteiger partial charge in [0, 0.05) is 6.00 Å². The first kappa shape index (κ1) is 13.4. The summed E-state index contributed by atoms with van der Waals surface area (Å²) in [4.78, 5) is 13.1. The van der Waals surface area contributed by atoms with Gasteiger partial charge < -0.3 is 14.9 Å². The fourth-order valence-corrected chi connectivity index (χ4v) is 2.06. The van der Waals surface area contributed by atoms with Gasteiger partial charge in [0.15, 0.2) is 11.0 Å². The maximum absolute atomic E-state index is 13.2. The van der Waals surface area contributed by atoms with Gasteiger partial charge in [-0.3, -0.25) is 14.3 Å². The Balaban J connectivity index is 2.54. The smallest absolute Gasteiger partial charge is 0.287 e. The molecule has 1 aliphatic rings. The van der Waals surface area contributed by atoms with E-state index in [1.54, 1.807) is 0 Å². The van der Waals surface area contributed by atoms with Gasteiger partial charge in [0.05, 0.1) is 6.20 Å². The van der Waals surface area contributed by atoms with Gasteiger partial charge in [0.1, 0.15) is 19.6 Å². The summed E-state index contributed by atoms with van der Waals surface area (Å²) < 4.78 is 19.2. The molecule has 2 rings (SSSR count). The van der Waals surface area contributed by atoms with E-state index in [1.807, 2.05) is 0 Å². The fourth-order valence-electron chi connectivity index (χ4n) is 1.82. The minimum atomic E-state index is -1.76. The van der Waals surface area contributed by atoms with Crippen LogP contribution in [0.5, 0.6) is 0 Å². The zero-order valence-corrected chi connectivity index (χ0v) is 10.1. The normalized spacial score (nSPS) is 35.9. The van der Waals surface area contributed by atoms with Crippen molar-refractivity contribution in [3.8, 4) is 0 Å². The van der Waals surface area contributed by atoms with Gasteiger partial charge >= 0.3 is 0 Å². The lowest BCUT2D eigenvalue weighted by Gasteiger charge is -2.28. The number of ether oxygens (including phenoxy) is 1. The van der Waals surface area contributed by atoms with Crippen molar-refractivity contribution in [1.29, 1.82) is 0 Å². The molecule has 1 aromatic rings. The summed E-state index contributed by atoms with van der Waals surface area (Å²) in [6.45, 7) is 1.28. The third-order valence-corrected chi connectivity index (χ3v) is 3.19. The summed E-state index contributed by atoms with van der Waals surface area (Å²) in [6.07, 6.45) is -1.76. The summed E-state index contributed by atoms with van der Waals surface area (Å²) in [5.74, 6) is -1.09. The SMILES string of the molecule is [B]C1OC(n2cc(F)c(=O)[nH]c2=S)C(C)(O)C1O. The summed E-state index contributed by atoms with van der Waals surface area (Å²) in [7, 11) is 5.45. The zero-order valence-electron chi connectivity index (χ0n) is 9.33. The summed E-state index contributed by atoms with van der Waals surface area (Å²) in [5.41, 5.74) is -2.73. The van der Waals surface area contributed by atoms with Crippen LogP contribution in [0, 0.1) is 10.6 Å². The molecule has 2 radical (unpaired) electrons. The summed E-state index contributed by atoms with van der Waals surface area (Å²) >= 11 is 4.84. The standard InChI is InChI=1S/C9H10BFN2O4S/c1-9(16)4(14)5(10)17-7(9)13-2-3(11)6(15)12-8(13)18/h2,4-5,7,14,16H,1H3,(H,12,15,18). The molecular formula is C9H10BFN2O4S. The molecule has 9 heteroatoms. The molecule has 0 saturated carbocycles. The van der Waals surface area contributed by atoms with E-state index >= 15 is 0 Å². The van der Waals surface area contributed by atoms with Crippen molar-refractivity contribution in [2.75, 3.05) is 0 Å². The van der Waals surface area contributed by atoms with E-state index in [9.17, 15) is 19.4 Å². The average molecular weight is 272 g/mol. The summed E-state index contributed by atoms with van der Waals surface area (Å²) in [5, 5.41) is 19.8. The first-order valence-corrected chi connectivity index (χ1v) is 5.48. The van der Waals surface area contributed by atoms with Crippen LogP contribution in [0.15, 0.2) is 11.0 Å². The van der Waals surface area contributed by atoms with E-state index in [2.05, 4.69) is 4.98 Å². The molecule has 1 aliphatic heterocycles. The molecular weight excluding hydrogens is 262 g/mol. The topological polar surface area (TPSA) is 87.5 Å². The lowest BCUT2D eigenvalue weighted by atomic mass is 9.87. The molecule has 6 nitrogen and oxygen atoms in total. The lowest BCUT2D eigenvalue weighted by Crippen LogP contribution is -2.44. The molecule has 3 N–H and O–H groups in total. The lowest BCUT2D eigenvalue weighted by molar-refractivity contribution is -0.0957. The highest BCUT2D eigenvalue weighted by atomic mass is 32.1. The van der Waals surface area contributed by atoms with Crippen LogP contribution in [-0.4, -0.2) is 45.3 Å². The van der Waals surface area contributed by atoms with Crippen molar-refractivity contribution in [3.05, 3.63) is 27.1 Å². The number of hydrogen-bond acceptors (Lipinski definition) is 5. The Morgan fingerprint density at radius 1 is 1.72 bits per heavy atom.